The third-order valence-electron chi connectivity index (χ3n) is 1.44. The van der Waals surface area contributed by atoms with Crippen molar-refractivity contribution < 1.29 is 9.53 Å². The van der Waals surface area contributed by atoms with Crippen LogP contribution in [0.1, 0.15) is 17.3 Å². The normalized spacial score (nSPS) is 8.85. The van der Waals surface area contributed by atoms with Crippen molar-refractivity contribution in [3.8, 4) is 5.75 Å². The van der Waals surface area contributed by atoms with Crippen LogP contribution in [0.3, 0.4) is 0 Å². The number of Topliss-reactive ketones (excluding diaryl/α,β-unsaturated/α-hetero) is 1. The summed E-state index contributed by atoms with van der Waals surface area (Å²) in [6, 6.07) is 1.63. The van der Waals surface area contributed by atoms with Gasteiger partial charge in [0.05, 0.1) is 12.7 Å². The second-order valence-corrected chi connectivity index (χ2v) is 2.99. The molecule has 0 N–H and O–H groups in total. The molecule has 0 spiro atoms. The molecule has 0 fully saturated rings. The number of rotatable bonds is 2. The van der Waals surface area contributed by atoms with Gasteiger partial charge in [0.15, 0.2) is 11.5 Å². The predicted octanol–water partition coefficient (Wildman–Crippen LogP) is 2.63. The third-order valence-corrected chi connectivity index (χ3v) is 2.01. The standard InChI is InChI=1S/C8H8BrNO2.BrH/c1-5(11)6-3-4-10-8(9)7(6)12-2;/h3-4H,1-2H3;1H. The van der Waals surface area contributed by atoms with Gasteiger partial charge in [0.25, 0.3) is 0 Å². The number of nitrogens with zero attached hydrogens (tertiary/aromatic N) is 1. The lowest BCUT2D eigenvalue weighted by molar-refractivity contribution is 0.101. The van der Waals surface area contributed by atoms with E-state index in [1.54, 1.807) is 12.3 Å². The fraction of sp³-hybridized carbons (Fsp3) is 0.250. The second kappa shape index (κ2) is 5.34. The Morgan fingerprint density at radius 3 is 2.62 bits per heavy atom. The van der Waals surface area contributed by atoms with Gasteiger partial charge in [0, 0.05) is 6.20 Å². The van der Waals surface area contributed by atoms with Crippen molar-refractivity contribution in [1.29, 1.82) is 0 Å². The van der Waals surface area contributed by atoms with Crippen molar-refractivity contribution in [2.45, 2.75) is 6.92 Å². The van der Waals surface area contributed by atoms with Crippen molar-refractivity contribution in [2.24, 2.45) is 0 Å². The number of pyridine rings is 1. The number of ether oxygens (including phenoxy) is 1. The molecule has 1 aromatic rings. The molecule has 1 heterocycles. The summed E-state index contributed by atoms with van der Waals surface area (Å²) in [5, 5.41) is 0. The van der Waals surface area contributed by atoms with Crippen LogP contribution in [0.25, 0.3) is 0 Å². The summed E-state index contributed by atoms with van der Waals surface area (Å²) in [7, 11) is 1.51. The Bertz CT molecular complexity index is 315. The van der Waals surface area contributed by atoms with Crippen molar-refractivity contribution in [1.82, 2.24) is 4.98 Å². The fourth-order valence-electron chi connectivity index (χ4n) is 0.894. The van der Waals surface area contributed by atoms with Gasteiger partial charge in [-0.15, -0.1) is 17.0 Å². The van der Waals surface area contributed by atoms with E-state index < -0.39 is 0 Å². The Balaban J connectivity index is 0.00000144. The van der Waals surface area contributed by atoms with Gasteiger partial charge in [0.1, 0.15) is 4.60 Å². The molecule has 1 rings (SSSR count). The Kier molecular flexibility index (Phi) is 5.17. The highest BCUT2D eigenvalue weighted by atomic mass is 79.9. The first kappa shape index (κ1) is 12.6. The number of carbonyl (C=O) groups excluding carboxylic acids is 1. The number of methoxy groups -OCH3 is 1. The van der Waals surface area contributed by atoms with Gasteiger partial charge in [0.2, 0.25) is 0 Å². The minimum absolute atomic E-state index is 0. The average molecular weight is 311 g/mol. The molecule has 3 nitrogen and oxygen atoms in total. The topological polar surface area (TPSA) is 39.2 Å². The molecule has 0 saturated heterocycles. The maximum atomic E-state index is 11.0. The van der Waals surface area contributed by atoms with Crippen LogP contribution in [0, 0.1) is 0 Å². The summed E-state index contributed by atoms with van der Waals surface area (Å²) in [6.07, 6.45) is 1.56. The summed E-state index contributed by atoms with van der Waals surface area (Å²) in [5.74, 6) is 0.458. The molecule has 0 aliphatic rings. The third kappa shape index (κ3) is 2.77. The van der Waals surface area contributed by atoms with Gasteiger partial charge in [-0.1, -0.05) is 0 Å². The SMILES string of the molecule is Br.COc1c(C(C)=O)ccnc1Br. The maximum Gasteiger partial charge on any atom is 0.163 e. The minimum Gasteiger partial charge on any atom is -0.493 e. The molecule has 0 bridgehead atoms. The van der Waals surface area contributed by atoms with Gasteiger partial charge < -0.3 is 4.74 Å². The lowest BCUT2D eigenvalue weighted by atomic mass is 10.2. The smallest absolute Gasteiger partial charge is 0.163 e. The highest BCUT2D eigenvalue weighted by Crippen LogP contribution is 2.26. The Morgan fingerprint density at radius 2 is 2.23 bits per heavy atom. The molecule has 0 amide bonds. The van der Waals surface area contributed by atoms with Gasteiger partial charge in [-0.3, -0.25) is 4.79 Å². The second-order valence-electron chi connectivity index (χ2n) is 2.24. The highest BCUT2D eigenvalue weighted by Gasteiger charge is 2.10. The molecule has 1 aromatic heterocycles. The molecule has 13 heavy (non-hydrogen) atoms. The molecular formula is C8H9Br2NO2. The van der Waals surface area contributed by atoms with Crippen LogP contribution in [-0.2, 0) is 0 Å². The zero-order valence-corrected chi connectivity index (χ0v) is 10.5. The number of ketones is 1. The Labute approximate surface area is 95.4 Å². The van der Waals surface area contributed by atoms with E-state index in [0.29, 0.717) is 15.9 Å². The molecular weight excluding hydrogens is 302 g/mol. The molecule has 0 atom stereocenters. The summed E-state index contributed by atoms with van der Waals surface area (Å²) in [5.41, 5.74) is 0.541. The largest absolute Gasteiger partial charge is 0.493 e. The van der Waals surface area contributed by atoms with Gasteiger partial charge in [-0.25, -0.2) is 4.98 Å². The molecule has 0 unspecified atom stereocenters. The first-order valence-electron chi connectivity index (χ1n) is 3.36. The maximum absolute atomic E-state index is 11.0. The van der Waals surface area contributed by atoms with Crippen LogP contribution in [0.15, 0.2) is 16.9 Å². The van der Waals surface area contributed by atoms with Crippen molar-refractivity contribution >= 4 is 38.7 Å². The van der Waals surface area contributed by atoms with E-state index in [9.17, 15) is 4.79 Å². The van der Waals surface area contributed by atoms with E-state index in [4.69, 9.17) is 4.74 Å². The lowest BCUT2D eigenvalue weighted by Gasteiger charge is -2.05. The molecule has 0 aromatic carbocycles. The van der Waals surface area contributed by atoms with E-state index in [2.05, 4.69) is 20.9 Å². The number of hydrogen-bond donors (Lipinski definition) is 0. The quantitative estimate of drug-likeness (QED) is 0.622. The van der Waals surface area contributed by atoms with E-state index in [1.165, 1.54) is 14.0 Å². The van der Waals surface area contributed by atoms with Crippen LogP contribution in [-0.4, -0.2) is 17.9 Å². The summed E-state index contributed by atoms with van der Waals surface area (Å²) in [4.78, 5) is 15.0. The average Bonchev–Trinajstić information content (AvgIpc) is 2.03. The van der Waals surface area contributed by atoms with Crippen molar-refractivity contribution in [2.75, 3.05) is 7.11 Å². The molecule has 0 saturated carbocycles. The first-order chi connectivity index (χ1) is 5.66. The monoisotopic (exact) mass is 309 g/mol. The zero-order valence-electron chi connectivity index (χ0n) is 7.20. The van der Waals surface area contributed by atoms with E-state index in [-0.39, 0.29) is 22.8 Å². The predicted molar refractivity (Wildman–Crippen MR) is 58.8 cm³/mol. The number of aromatic nitrogens is 1. The van der Waals surface area contributed by atoms with Crippen LogP contribution in [0.5, 0.6) is 5.75 Å². The van der Waals surface area contributed by atoms with E-state index >= 15 is 0 Å². The molecule has 0 aliphatic heterocycles. The van der Waals surface area contributed by atoms with Crippen LogP contribution in [0.4, 0.5) is 0 Å². The molecule has 72 valence electrons. The van der Waals surface area contributed by atoms with Crippen LogP contribution in [0.2, 0.25) is 0 Å². The summed E-state index contributed by atoms with van der Waals surface area (Å²) < 4.78 is 5.56. The Morgan fingerprint density at radius 1 is 1.62 bits per heavy atom. The van der Waals surface area contributed by atoms with Gasteiger partial charge in [-0.05, 0) is 28.9 Å². The van der Waals surface area contributed by atoms with Crippen LogP contribution < -0.4 is 4.74 Å². The minimum atomic E-state index is -0.0325. The molecule has 0 radical (unpaired) electrons. The highest BCUT2D eigenvalue weighted by molar-refractivity contribution is 9.10. The van der Waals surface area contributed by atoms with E-state index in [0.717, 1.165) is 0 Å². The molecule has 0 aliphatic carbocycles. The first-order valence-corrected chi connectivity index (χ1v) is 4.15. The summed E-state index contributed by atoms with van der Waals surface area (Å²) >= 11 is 3.19. The Hall–Kier alpha value is -0.420. The molecule has 5 heteroatoms. The number of halogens is 2. The number of hydrogen-bond acceptors (Lipinski definition) is 3. The van der Waals surface area contributed by atoms with E-state index in [1.807, 2.05) is 0 Å². The zero-order chi connectivity index (χ0) is 9.14. The fourth-order valence-corrected chi connectivity index (χ4v) is 1.39. The van der Waals surface area contributed by atoms with Crippen LogP contribution >= 0.6 is 32.9 Å². The summed E-state index contributed by atoms with van der Waals surface area (Å²) in [6.45, 7) is 1.49. The number of carbonyl (C=O) groups is 1. The van der Waals surface area contributed by atoms with Crippen molar-refractivity contribution in [3.63, 3.8) is 0 Å². The van der Waals surface area contributed by atoms with Gasteiger partial charge in [-0.2, -0.15) is 0 Å². The van der Waals surface area contributed by atoms with Gasteiger partial charge >= 0.3 is 0 Å². The lowest BCUT2D eigenvalue weighted by Crippen LogP contribution is -1.98. The van der Waals surface area contributed by atoms with Crippen molar-refractivity contribution in [3.05, 3.63) is 22.4 Å².